The Balaban J connectivity index is 1.28. The summed E-state index contributed by atoms with van der Waals surface area (Å²) in [7, 11) is 0. The molecule has 234 valence electrons. The highest BCUT2D eigenvalue weighted by Crippen LogP contribution is 2.56. The lowest BCUT2D eigenvalue weighted by atomic mass is 9.80. The fourth-order valence-electron chi connectivity index (χ4n) is 8.94. The fraction of sp³-hybridized carbons (Fsp3) is 0.0638. The number of aromatic nitrogens is 3. The third-order valence-corrected chi connectivity index (χ3v) is 11.1. The Morgan fingerprint density at radius 1 is 0.520 bits per heavy atom. The number of rotatable bonds is 2. The summed E-state index contributed by atoms with van der Waals surface area (Å²) in [5.74, 6) is 0.688. The summed E-state index contributed by atoms with van der Waals surface area (Å²) in [4.78, 5) is 10.9. The van der Waals surface area contributed by atoms with Crippen LogP contribution in [0.15, 0.2) is 152 Å². The van der Waals surface area contributed by atoms with E-state index in [0.29, 0.717) is 5.95 Å². The Kier molecular flexibility index (Phi) is 5.45. The van der Waals surface area contributed by atoms with Crippen LogP contribution in [-0.2, 0) is 5.41 Å². The van der Waals surface area contributed by atoms with Gasteiger partial charge in [0.15, 0.2) is 0 Å². The minimum atomic E-state index is -0.235. The lowest BCUT2D eigenvalue weighted by Crippen LogP contribution is -2.17. The Labute approximate surface area is 289 Å². The van der Waals surface area contributed by atoms with Gasteiger partial charge >= 0.3 is 0 Å². The van der Waals surface area contributed by atoms with Gasteiger partial charge in [0.2, 0.25) is 5.95 Å². The van der Waals surface area contributed by atoms with E-state index in [1.54, 1.807) is 0 Å². The zero-order valence-corrected chi connectivity index (χ0v) is 27.8. The average molecular weight is 638 g/mol. The maximum Gasteiger partial charge on any atom is 0.235 e. The first kappa shape index (κ1) is 27.6. The molecule has 8 aromatic carbocycles. The van der Waals surface area contributed by atoms with E-state index in [9.17, 15) is 0 Å². The average Bonchev–Trinajstić information content (AvgIpc) is 3.63. The lowest BCUT2D eigenvalue weighted by Gasteiger charge is -2.24. The molecule has 0 amide bonds. The Hall–Kier alpha value is -6.32. The van der Waals surface area contributed by atoms with Gasteiger partial charge in [0, 0.05) is 27.1 Å². The summed E-state index contributed by atoms with van der Waals surface area (Å²) in [5, 5.41) is 11.0. The van der Waals surface area contributed by atoms with Crippen molar-refractivity contribution in [3.8, 4) is 28.3 Å². The van der Waals surface area contributed by atoms with Crippen LogP contribution in [0.1, 0.15) is 25.0 Å². The molecule has 0 spiro atoms. The van der Waals surface area contributed by atoms with Gasteiger partial charge in [0.25, 0.3) is 0 Å². The van der Waals surface area contributed by atoms with Gasteiger partial charge in [-0.05, 0) is 72.8 Å². The minimum absolute atomic E-state index is 0.235. The molecule has 0 saturated carbocycles. The van der Waals surface area contributed by atoms with E-state index in [2.05, 4.69) is 170 Å². The Morgan fingerprint density at radius 3 is 2.06 bits per heavy atom. The van der Waals surface area contributed by atoms with Gasteiger partial charge in [0.1, 0.15) is 0 Å². The molecule has 10 aromatic rings. The maximum absolute atomic E-state index is 5.54. The van der Waals surface area contributed by atoms with Crippen LogP contribution in [0.3, 0.4) is 0 Å². The third kappa shape index (κ3) is 3.59. The monoisotopic (exact) mass is 637 g/mol. The molecule has 1 aliphatic rings. The molecule has 2 aromatic heterocycles. The number of benzene rings is 8. The van der Waals surface area contributed by atoms with Gasteiger partial charge in [-0.1, -0.05) is 147 Å². The SMILES string of the molecule is CC1(C)c2ccccc2-c2c1c1c(c3ccccc23)c2ccccc2n1-c1nc(-c2ccc3c(ccc4ccccc43)c2)c2ccccc2n1. The van der Waals surface area contributed by atoms with Crippen molar-refractivity contribution in [3.63, 3.8) is 0 Å². The van der Waals surface area contributed by atoms with Gasteiger partial charge in [-0.25, -0.2) is 9.97 Å². The Morgan fingerprint density at radius 2 is 1.18 bits per heavy atom. The second-order valence-corrected chi connectivity index (χ2v) is 14.2. The van der Waals surface area contributed by atoms with Crippen LogP contribution in [-0.4, -0.2) is 14.5 Å². The van der Waals surface area contributed by atoms with E-state index in [0.717, 1.165) is 27.7 Å². The van der Waals surface area contributed by atoms with Crippen molar-refractivity contribution in [2.24, 2.45) is 0 Å². The van der Waals surface area contributed by atoms with Crippen molar-refractivity contribution in [3.05, 3.63) is 163 Å². The van der Waals surface area contributed by atoms with E-state index < -0.39 is 0 Å². The van der Waals surface area contributed by atoms with E-state index in [1.165, 1.54) is 70.9 Å². The minimum Gasteiger partial charge on any atom is -0.278 e. The van der Waals surface area contributed by atoms with Crippen molar-refractivity contribution in [1.82, 2.24) is 14.5 Å². The Bertz CT molecular complexity index is 3070. The summed E-state index contributed by atoms with van der Waals surface area (Å²) < 4.78 is 2.36. The predicted molar refractivity (Wildman–Crippen MR) is 209 cm³/mol. The van der Waals surface area contributed by atoms with Crippen LogP contribution < -0.4 is 0 Å². The quantitative estimate of drug-likeness (QED) is 0.177. The van der Waals surface area contributed by atoms with Crippen LogP contribution >= 0.6 is 0 Å². The molecule has 0 bridgehead atoms. The smallest absolute Gasteiger partial charge is 0.235 e. The highest BCUT2D eigenvalue weighted by molar-refractivity contribution is 6.27. The molecular weight excluding hydrogens is 607 g/mol. The second-order valence-electron chi connectivity index (χ2n) is 14.2. The topological polar surface area (TPSA) is 30.7 Å². The van der Waals surface area contributed by atoms with Gasteiger partial charge < -0.3 is 0 Å². The van der Waals surface area contributed by atoms with E-state index in [4.69, 9.17) is 9.97 Å². The third-order valence-electron chi connectivity index (χ3n) is 11.1. The standard InChI is InChI=1S/C47H31N3/c1-47(2)38-20-10-7-17-35(38)41-33-15-5-6-16-34(33)42-37-19-9-12-22-40(37)50(45(42)43(41)47)46-48-39-21-11-8-18-36(39)44(49-46)30-25-26-32-29(27-30)24-23-28-13-3-4-14-31(28)32/h3-27H,1-2H3. The molecule has 0 atom stereocenters. The van der Waals surface area contributed by atoms with Crippen LogP contribution in [0.5, 0.6) is 0 Å². The molecule has 50 heavy (non-hydrogen) atoms. The van der Waals surface area contributed by atoms with E-state index in [-0.39, 0.29) is 5.41 Å². The van der Waals surface area contributed by atoms with E-state index >= 15 is 0 Å². The van der Waals surface area contributed by atoms with Crippen molar-refractivity contribution >= 4 is 65.0 Å². The van der Waals surface area contributed by atoms with Crippen LogP contribution in [0, 0.1) is 0 Å². The first-order valence-electron chi connectivity index (χ1n) is 17.4. The molecule has 0 unspecified atom stereocenters. The molecule has 2 heterocycles. The van der Waals surface area contributed by atoms with Gasteiger partial charge in [-0.2, -0.15) is 0 Å². The summed E-state index contributed by atoms with van der Waals surface area (Å²) in [6.07, 6.45) is 0. The first-order chi connectivity index (χ1) is 24.6. The predicted octanol–water partition coefficient (Wildman–Crippen LogP) is 12.2. The second kappa shape index (κ2) is 9.87. The number of fused-ring (bicyclic) bond motifs is 14. The molecule has 11 rings (SSSR count). The molecule has 3 nitrogen and oxygen atoms in total. The van der Waals surface area contributed by atoms with Gasteiger partial charge in [0.05, 0.1) is 22.2 Å². The van der Waals surface area contributed by atoms with Crippen molar-refractivity contribution < 1.29 is 0 Å². The van der Waals surface area contributed by atoms with Crippen LogP contribution in [0.25, 0.3) is 93.4 Å². The lowest BCUT2D eigenvalue weighted by molar-refractivity contribution is 0.664. The fourth-order valence-corrected chi connectivity index (χ4v) is 8.94. The zero-order valence-electron chi connectivity index (χ0n) is 27.8. The summed E-state index contributed by atoms with van der Waals surface area (Å²) in [5.41, 5.74) is 10.3. The van der Waals surface area contributed by atoms with Crippen LogP contribution in [0.2, 0.25) is 0 Å². The molecular formula is C47H31N3. The highest BCUT2D eigenvalue weighted by Gasteiger charge is 2.40. The van der Waals surface area contributed by atoms with Crippen molar-refractivity contribution in [2.45, 2.75) is 19.3 Å². The number of hydrogen-bond acceptors (Lipinski definition) is 2. The summed E-state index contributed by atoms with van der Waals surface area (Å²) >= 11 is 0. The molecule has 1 aliphatic carbocycles. The summed E-state index contributed by atoms with van der Waals surface area (Å²) in [6, 6.07) is 54.9. The van der Waals surface area contributed by atoms with Crippen LogP contribution in [0.4, 0.5) is 0 Å². The summed E-state index contributed by atoms with van der Waals surface area (Å²) in [6.45, 7) is 4.75. The molecule has 3 heteroatoms. The first-order valence-corrected chi connectivity index (χ1v) is 17.4. The highest BCUT2D eigenvalue weighted by atomic mass is 15.2. The van der Waals surface area contributed by atoms with E-state index in [1.807, 2.05) is 0 Å². The molecule has 0 N–H and O–H groups in total. The van der Waals surface area contributed by atoms with Gasteiger partial charge in [-0.3, -0.25) is 4.57 Å². The van der Waals surface area contributed by atoms with Crippen molar-refractivity contribution in [1.29, 1.82) is 0 Å². The zero-order chi connectivity index (χ0) is 33.1. The normalized spacial score (nSPS) is 13.6. The maximum atomic E-state index is 5.54. The molecule has 0 radical (unpaired) electrons. The number of para-hydroxylation sites is 2. The molecule has 0 aliphatic heterocycles. The van der Waals surface area contributed by atoms with Gasteiger partial charge in [-0.15, -0.1) is 0 Å². The largest absolute Gasteiger partial charge is 0.278 e. The van der Waals surface area contributed by atoms with Crippen molar-refractivity contribution in [2.75, 3.05) is 0 Å². The molecule has 0 saturated heterocycles. The number of hydrogen-bond donors (Lipinski definition) is 0. The number of nitrogens with zero attached hydrogens (tertiary/aromatic N) is 3. The molecule has 0 fully saturated rings.